The maximum atomic E-state index is 13.8. The number of benzene rings is 2. The Bertz CT molecular complexity index is 1210. The molecule has 2 atom stereocenters. The molecule has 2 aliphatic heterocycles. The van der Waals surface area contributed by atoms with Crippen LogP contribution in [-0.4, -0.2) is 49.0 Å². The zero-order chi connectivity index (χ0) is 29.5. The molecular formula is C28H33Cl2F4N3O3. The number of anilines is 1. The maximum absolute atomic E-state index is 13.8. The first-order valence-corrected chi connectivity index (χ1v) is 13.8. The summed E-state index contributed by atoms with van der Waals surface area (Å²) in [5, 5.41) is 1.30. The van der Waals surface area contributed by atoms with Crippen LogP contribution in [0.3, 0.4) is 0 Å². The van der Waals surface area contributed by atoms with Crippen LogP contribution < -0.4 is 10.4 Å². The Kier molecular flexibility index (Phi) is 8.86. The molecule has 2 aliphatic rings. The van der Waals surface area contributed by atoms with E-state index in [-0.39, 0.29) is 18.1 Å². The minimum Gasteiger partial charge on any atom is -0.444 e. The number of nitrogens with one attached hydrogen (secondary N) is 1. The number of carbonyl (C=O) groups excluding carboxylic acids is 1. The van der Waals surface area contributed by atoms with Crippen molar-refractivity contribution in [1.82, 2.24) is 10.3 Å². The van der Waals surface area contributed by atoms with Gasteiger partial charge in [-0.1, -0.05) is 35.3 Å². The van der Waals surface area contributed by atoms with Gasteiger partial charge >= 0.3 is 12.3 Å². The normalized spacial score (nSPS) is 19.9. The first-order chi connectivity index (χ1) is 18.6. The molecule has 2 aromatic rings. The highest BCUT2D eigenvalue weighted by atomic mass is 35.5. The van der Waals surface area contributed by atoms with Gasteiger partial charge in [0.1, 0.15) is 23.5 Å². The summed E-state index contributed by atoms with van der Waals surface area (Å²) in [4.78, 5) is 14.3. The van der Waals surface area contributed by atoms with Crippen LogP contribution in [0.4, 0.5) is 28.0 Å². The van der Waals surface area contributed by atoms with Gasteiger partial charge in [-0.2, -0.15) is 13.2 Å². The molecule has 0 spiro atoms. The number of likely N-dealkylation sites (tertiary alicyclic amines) is 1. The van der Waals surface area contributed by atoms with Gasteiger partial charge < -0.3 is 14.4 Å². The lowest BCUT2D eigenvalue weighted by Crippen LogP contribution is -2.48. The van der Waals surface area contributed by atoms with E-state index in [9.17, 15) is 22.4 Å². The van der Waals surface area contributed by atoms with Crippen molar-refractivity contribution in [3.8, 4) is 0 Å². The summed E-state index contributed by atoms with van der Waals surface area (Å²) in [5.41, 5.74) is 2.60. The van der Waals surface area contributed by atoms with E-state index in [1.807, 2.05) is 0 Å². The van der Waals surface area contributed by atoms with E-state index in [0.717, 1.165) is 10.6 Å². The standard InChI is InChI=1S/C28H33Cl2F4N3O3/c1-17(21-13-19(29)14-22-23(21)37(35-24(22)30)15-28(32,33)34)39-16-27(18-5-7-20(31)8-6-18)9-11-36(12-10-27)25(38)40-26(2,3)4/h5-8,13-14,17,24,35H,9-12,15-16H2,1-4H3/t17-,24?/m1/s1. The SMILES string of the molecule is C[C@@H](OCC1(c2ccc(F)cc2)CCN(C(=O)OC(C)(C)C)CC1)c1cc(Cl)cc2c1N(CC(F)(F)F)NC2Cl. The minimum atomic E-state index is -4.47. The number of fused-ring (bicyclic) bond motifs is 1. The Labute approximate surface area is 241 Å². The third-order valence-electron chi connectivity index (χ3n) is 7.16. The van der Waals surface area contributed by atoms with Crippen LogP contribution in [0.15, 0.2) is 36.4 Å². The highest BCUT2D eigenvalue weighted by Gasteiger charge is 2.41. The van der Waals surface area contributed by atoms with Crippen molar-refractivity contribution in [2.24, 2.45) is 0 Å². The average Bonchev–Trinajstić information content (AvgIpc) is 3.14. The van der Waals surface area contributed by atoms with Crippen LogP contribution in [0, 0.1) is 5.82 Å². The minimum absolute atomic E-state index is 0.181. The molecule has 6 nitrogen and oxygen atoms in total. The Morgan fingerprint density at radius 2 is 1.77 bits per heavy atom. The molecule has 2 heterocycles. The van der Waals surface area contributed by atoms with Gasteiger partial charge in [-0.15, -0.1) is 0 Å². The smallest absolute Gasteiger partial charge is 0.410 e. The zero-order valence-corrected chi connectivity index (χ0v) is 24.3. The van der Waals surface area contributed by atoms with Gasteiger partial charge in [0.25, 0.3) is 0 Å². The van der Waals surface area contributed by atoms with Crippen LogP contribution in [0.2, 0.25) is 5.02 Å². The van der Waals surface area contributed by atoms with Crippen molar-refractivity contribution < 1.29 is 31.8 Å². The Morgan fingerprint density at radius 1 is 1.15 bits per heavy atom. The molecule has 1 amide bonds. The third kappa shape index (κ3) is 7.13. The lowest BCUT2D eigenvalue weighted by Gasteiger charge is -2.42. The quantitative estimate of drug-likeness (QED) is 0.208. The zero-order valence-electron chi connectivity index (χ0n) is 22.7. The van der Waals surface area contributed by atoms with Gasteiger partial charge in [-0.25, -0.2) is 14.6 Å². The molecule has 0 radical (unpaired) electrons. The molecule has 2 aromatic carbocycles. The number of alkyl halides is 4. The third-order valence-corrected chi connectivity index (χ3v) is 7.71. The Morgan fingerprint density at radius 3 is 2.35 bits per heavy atom. The lowest BCUT2D eigenvalue weighted by molar-refractivity contribution is -0.120. The number of nitrogens with zero attached hydrogens (tertiary/aromatic N) is 2. The van der Waals surface area contributed by atoms with Crippen molar-refractivity contribution in [3.05, 3.63) is 63.9 Å². The van der Waals surface area contributed by atoms with Crippen LogP contribution in [0.25, 0.3) is 0 Å². The van der Waals surface area contributed by atoms with Crippen molar-refractivity contribution in [2.75, 3.05) is 31.3 Å². The Balaban J connectivity index is 1.58. The molecule has 220 valence electrons. The van der Waals surface area contributed by atoms with Crippen LogP contribution in [-0.2, 0) is 14.9 Å². The molecule has 1 fully saturated rings. The highest BCUT2D eigenvalue weighted by Crippen LogP contribution is 2.45. The maximum Gasteiger partial charge on any atom is 0.410 e. The van der Waals surface area contributed by atoms with E-state index >= 15 is 0 Å². The predicted molar refractivity (Wildman–Crippen MR) is 146 cm³/mol. The molecule has 1 unspecified atom stereocenters. The molecule has 40 heavy (non-hydrogen) atoms. The van der Waals surface area contributed by atoms with Gasteiger partial charge in [-0.05, 0) is 70.4 Å². The molecule has 12 heteroatoms. The largest absolute Gasteiger partial charge is 0.444 e. The second-order valence-corrected chi connectivity index (χ2v) is 12.2. The highest BCUT2D eigenvalue weighted by molar-refractivity contribution is 6.31. The number of ether oxygens (including phenoxy) is 2. The topological polar surface area (TPSA) is 54.0 Å². The van der Waals surface area contributed by atoms with E-state index in [4.69, 9.17) is 32.7 Å². The summed E-state index contributed by atoms with van der Waals surface area (Å²) < 4.78 is 65.7. The van der Waals surface area contributed by atoms with Crippen LogP contribution >= 0.6 is 23.2 Å². The first-order valence-electron chi connectivity index (χ1n) is 13.0. The molecule has 0 aromatic heterocycles. The fourth-order valence-electron chi connectivity index (χ4n) is 5.17. The van der Waals surface area contributed by atoms with E-state index in [2.05, 4.69) is 5.43 Å². The Hall–Kier alpha value is -2.27. The molecular weight excluding hydrogens is 573 g/mol. The average molecular weight is 606 g/mol. The number of carbonyl (C=O) groups is 1. The lowest BCUT2D eigenvalue weighted by atomic mass is 9.73. The fraction of sp³-hybridized carbons (Fsp3) is 0.536. The molecule has 1 N–H and O–H groups in total. The van der Waals surface area contributed by atoms with Gasteiger partial charge in [-0.3, -0.25) is 5.01 Å². The summed E-state index contributed by atoms with van der Waals surface area (Å²) in [6, 6.07) is 9.30. The number of piperidine rings is 1. The van der Waals surface area contributed by atoms with Crippen LogP contribution in [0.5, 0.6) is 0 Å². The number of hydrogen-bond acceptors (Lipinski definition) is 5. The van der Waals surface area contributed by atoms with Gasteiger partial charge in [0.05, 0.1) is 18.4 Å². The van der Waals surface area contributed by atoms with E-state index < -0.39 is 41.4 Å². The molecule has 0 bridgehead atoms. The molecule has 0 aliphatic carbocycles. The van der Waals surface area contributed by atoms with Gasteiger partial charge in [0.2, 0.25) is 0 Å². The van der Waals surface area contributed by atoms with E-state index in [0.29, 0.717) is 42.1 Å². The second-order valence-electron chi connectivity index (χ2n) is 11.3. The van der Waals surface area contributed by atoms with E-state index in [1.54, 1.807) is 56.9 Å². The fourth-order valence-corrected chi connectivity index (χ4v) is 5.69. The number of rotatable bonds is 6. The molecule has 4 rings (SSSR count). The predicted octanol–water partition coefficient (Wildman–Crippen LogP) is 7.65. The number of hydrogen-bond donors (Lipinski definition) is 1. The number of halogens is 6. The second kappa shape index (κ2) is 11.5. The number of amides is 1. The summed E-state index contributed by atoms with van der Waals surface area (Å²) in [7, 11) is 0. The van der Waals surface area contributed by atoms with Crippen molar-refractivity contribution in [2.45, 2.75) is 69.3 Å². The van der Waals surface area contributed by atoms with Gasteiger partial charge in [0.15, 0.2) is 0 Å². The summed E-state index contributed by atoms with van der Waals surface area (Å²) >= 11 is 12.6. The number of hydrazine groups is 1. The molecule has 0 saturated carbocycles. The summed E-state index contributed by atoms with van der Waals surface area (Å²) in [6.07, 6.45) is -4.50. The molecule has 1 saturated heterocycles. The van der Waals surface area contributed by atoms with Crippen molar-refractivity contribution in [3.63, 3.8) is 0 Å². The first kappa shape index (κ1) is 30.7. The monoisotopic (exact) mass is 605 g/mol. The van der Waals surface area contributed by atoms with Crippen molar-refractivity contribution >= 4 is 35.0 Å². The van der Waals surface area contributed by atoms with E-state index in [1.165, 1.54) is 12.1 Å². The van der Waals surface area contributed by atoms with Gasteiger partial charge in [0, 0.05) is 34.7 Å². The van der Waals surface area contributed by atoms with Crippen molar-refractivity contribution in [1.29, 1.82) is 0 Å². The van der Waals surface area contributed by atoms with Crippen LogP contribution in [0.1, 0.15) is 68.8 Å². The summed E-state index contributed by atoms with van der Waals surface area (Å²) in [5.74, 6) is -0.373. The summed E-state index contributed by atoms with van der Waals surface area (Å²) in [6.45, 7) is 6.88.